The molecule has 0 aromatic carbocycles. The Morgan fingerprint density at radius 1 is 0.293 bits per heavy atom. The van der Waals surface area contributed by atoms with Gasteiger partial charge in [0, 0.05) is 55.5 Å². The Kier molecular flexibility index (Phi) is 54.3. The quantitative estimate of drug-likeness (QED) is 0.0311. The van der Waals surface area contributed by atoms with Crippen LogP contribution in [0.15, 0.2) is 0 Å². The molecule has 0 aliphatic carbocycles. The molecule has 0 radical (unpaired) electrons. The van der Waals surface area contributed by atoms with Crippen LogP contribution in [0, 0.1) is 0 Å². The van der Waals surface area contributed by atoms with Crippen LogP contribution in [0.3, 0.4) is 0 Å². The zero-order chi connectivity index (χ0) is 55.3. The highest BCUT2D eigenvalue weighted by Crippen LogP contribution is 2.19. The average molecular weight is 1060 g/mol. The third kappa shape index (κ3) is 54.0. The highest BCUT2D eigenvalue weighted by atomic mass is 16.6. The van der Waals surface area contributed by atoms with Gasteiger partial charge in [-0.3, -0.25) is 14.4 Å². The summed E-state index contributed by atoms with van der Waals surface area (Å²) in [6.45, 7) is 20.2. The number of esters is 3. The normalized spacial score (nSPS) is 13.4. The van der Waals surface area contributed by atoms with Crippen LogP contribution < -0.4 is 16.0 Å². The lowest BCUT2D eigenvalue weighted by Gasteiger charge is -2.21. The molecule has 0 aliphatic heterocycles. The molecular formula is C66H131N3O6. The first-order valence-electron chi connectivity index (χ1n) is 33.2. The van der Waals surface area contributed by atoms with Gasteiger partial charge in [-0.15, -0.1) is 0 Å². The van der Waals surface area contributed by atoms with E-state index in [2.05, 4.69) is 78.3 Å². The molecule has 0 spiro atoms. The summed E-state index contributed by atoms with van der Waals surface area (Å²) in [5.74, 6) is -0.879. The lowest BCUT2D eigenvalue weighted by atomic mass is 9.99. The van der Waals surface area contributed by atoms with Crippen LogP contribution in [-0.2, 0) is 28.6 Å². The molecule has 3 unspecified atom stereocenters. The molecule has 0 saturated carbocycles. The van der Waals surface area contributed by atoms with Gasteiger partial charge < -0.3 is 30.2 Å². The molecule has 0 amide bonds. The van der Waals surface area contributed by atoms with E-state index in [4.69, 9.17) is 14.2 Å². The maximum Gasteiger partial charge on any atom is 0.306 e. The minimum absolute atomic E-state index is 0.0864. The van der Waals surface area contributed by atoms with Crippen molar-refractivity contribution in [1.29, 1.82) is 0 Å². The molecule has 0 heterocycles. The number of nitrogens with one attached hydrogen (secondary N) is 3. The van der Waals surface area contributed by atoms with E-state index < -0.39 is 6.10 Å². The molecule has 75 heavy (non-hydrogen) atoms. The van der Waals surface area contributed by atoms with Crippen molar-refractivity contribution in [2.24, 2.45) is 0 Å². The van der Waals surface area contributed by atoms with Gasteiger partial charge in [-0.05, 0) is 57.8 Å². The summed E-state index contributed by atoms with van der Waals surface area (Å²) in [6.07, 6.45) is 51.8. The maximum absolute atomic E-state index is 13.1. The molecule has 3 N–H and O–H groups in total. The van der Waals surface area contributed by atoms with Crippen LogP contribution in [0.5, 0.6) is 0 Å². The SMILES string of the molecule is CCCCCCCCCC(CCCCCCCC(=O)OCC(COC(=O)CCCCCCCC(CCCCCCCCC)NC(C)C)OC(=O)CCCCCCCC(CCCCCCCCC)NC(C)C)NC(C)C. The molecule has 0 saturated heterocycles. The molecule has 0 aromatic rings. The first kappa shape index (κ1) is 73.3. The first-order valence-corrected chi connectivity index (χ1v) is 33.2. The summed E-state index contributed by atoms with van der Waals surface area (Å²) in [5, 5.41) is 11.4. The zero-order valence-corrected chi connectivity index (χ0v) is 51.7. The minimum atomic E-state index is -0.797. The largest absolute Gasteiger partial charge is 0.462 e. The Morgan fingerprint density at radius 2 is 0.507 bits per heavy atom. The Balaban J connectivity index is 4.88. The summed E-state index contributed by atoms with van der Waals surface area (Å²) < 4.78 is 17.2. The van der Waals surface area contributed by atoms with Gasteiger partial charge in [0.2, 0.25) is 0 Å². The number of carbonyl (C=O) groups excluding carboxylic acids is 3. The van der Waals surface area contributed by atoms with E-state index in [1.807, 2.05) is 0 Å². The highest BCUT2D eigenvalue weighted by Gasteiger charge is 2.20. The van der Waals surface area contributed by atoms with Gasteiger partial charge in [-0.25, -0.2) is 0 Å². The fourth-order valence-electron chi connectivity index (χ4n) is 10.8. The Bertz CT molecular complexity index is 1170. The van der Waals surface area contributed by atoms with Gasteiger partial charge in [-0.2, -0.15) is 0 Å². The van der Waals surface area contributed by atoms with E-state index in [9.17, 15) is 14.4 Å². The number of hydrogen-bond donors (Lipinski definition) is 3. The molecule has 0 fully saturated rings. The maximum atomic E-state index is 13.1. The van der Waals surface area contributed by atoms with Crippen LogP contribution >= 0.6 is 0 Å². The van der Waals surface area contributed by atoms with E-state index in [1.54, 1.807) is 0 Å². The first-order chi connectivity index (χ1) is 36.4. The average Bonchev–Trinajstić information content (AvgIpc) is 3.36. The van der Waals surface area contributed by atoms with Crippen molar-refractivity contribution in [3.8, 4) is 0 Å². The summed E-state index contributed by atoms with van der Waals surface area (Å²) in [6, 6.07) is 3.29. The summed E-state index contributed by atoms with van der Waals surface area (Å²) in [7, 11) is 0. The molecule has 0 bridgehead atoms. The van der Waals surface area contributed by atoms with Crippen molar-refractivity contribution in [2.75, 3.05) is 13.2 Å². The van der Waals surface area contributed by atoms with Crippen LogP contribution in [0.2, 0.25) is 0 Å². The van der Waals surface area contributed by atoms with E-state index >= 15 is 0 Å². The van der Waals surface area contributed by atoms with Gasteiger partial charge in [-0.1, -0.05) is 274 Å². The summed E-state index contributed by atoms with van der Waals surface area (Å²) >= 11 is 0. The molecule has 0 aromatic heterocycles. The number of ether oxygens (including phenoxy) is 3. The summed E-state index contributed by atoms with van der Waals surface area (Å²) in [4.78, 5) is 38.9. The minimum Gasteiger partial charge on any atom is -0.462 e. The fourth-order valence-corrected chi connectivity index (χ4v) is 10.8. The lowest BCUT2D eigenvalue weighted by Crippen LogP contribution is -2.34. The molecule has 9 nitrogen and oxygen atoms in total. The Hall–Kier alpha value is -1.71. The third-order valence-corrected chi connectivity index (χ3v) is 15.1. The molecule has 9 heteroatoms. The van der Waals surface area contributed by atoms with Gasteiger partial charge in [0.05, 0.1) is 0 Å². The van der Waals surface area contributed by atoms with Crippen molar-refractivity contribution in [3.05, 3.63) is 0 Å². The Morgan fingerprint density at radius 3 is 0.747 bits per heavy atom. The molecule has 0 rings (SSSR count). The van der Waals surface area contributed by atoms with Crippen LogP contribution in [0.4, 0.5) is 0 Å². The van der Waals surface area contributed by atoms with Gasteiger partial charge in [0.1, 0.15) is 13.2 Å². The second-order valence-electron chi connectivity index (χ2n) is 24.2. The zero-order valence-electron chi connectivity index (χ0n) is 51.7. The molecule has 3 atom stereocenters. The predicted molar refractivity (Wildman–Crippen MR) is 323 cm³/mol. The second kappa shape index (κ2) is 55.6. The molecule has 0 aliphatic rings. The number of carbonyl (C=O) groups is 3. The monoisotopic (exact) mass is 1060 g/mol. The lowest BCUT2D eigenvalue weighted by molar-refractivity contribution is -0.167. The topological polar surface area (TPSA) is 115 Å². The van der Waals surface area contributed by atoms with Crippen molar-refractivity contribution >= 4 is 17.9 Å². The highest BCUT2D eigenvalue weighted by molar-refractivity contribution is 5.71. The van der Waals surface area contributed by atoms with E-state index in [1.165, 1.54) is 212 Å². The van der Waals surface area contributed by atoms with E-state index in [0.29, 0.717) is 55.5 Å². The van der Waals surface area contributed by atoms with E-state index in [0.717, 1.165) is 57.8 Å². The second-order valence-corrected chi connectivity index (χ2v) is 24.2. The smallest absolute Gasteiger partial charge is 0.306 e. The van der Waals surface area contributed by atoms with Gasteiger partial charge in [0.15, 0.2) is 6.10 Å². The van der Waals surface area contributed by atoms with Crippen molar-refractivity contribution < 1.29 is 28.6 Å². The number of hydrogen-bond acceptors (Lipinski definition) is 9. The van der Waals surface area contributed by atoms with Crippen LogP contribution in [0.25, 0.3) is 0 Å². The fraction of sp³-hybridized carbons (Fsp3) is 0.955. The van der Waals surface area contributed by atoms with Crippen LogP contribution in [-0.4, -0.2) is 73.5 Å². The van der Waals surface area contributed by atoms with Crippen molar-refractivity contribution in [3.63, 3.8) is 0 Å². The number of unbranched alkanes of at least 4 members (excludes halogenated alkanes) is 30. The van der Waals surface area contributed by atoms with Crippen molar-refractivity contribution in [1.82, 2.24) is 16.0 Å². The van der Waals surface area contributed by atoms with Gasteiger partial charge in [0.25, 0.3) is 0 Å². The third-order valence-electron chi connectivity index (χ3n) is 15.1. The van der Waals surface area contributed by atoms with E-state index in [-0.39, 0.29) is 31.1 Å². The van der Waals surface area contributed by atoms with Crippen LogP contribution in [0.1, 0.15) is 351 Å². The predicted octanol–water partition coefficient (Wildman–Crippen LogP) is 18.7. The Labute approximate surface area is 467 Å². The summed E-state index contributed by atoms with van der Waals surface area (Å²) in [5.41, 5.74) is 0. The molecular weight excluding hydrogens is 931 g/mol. The molecule has 446 valence electrons. The number of rotatable bonds is 59. The standard InChI is InChI=1S/C66H131N3O6/c1-10-13-16-19-22-28-37-46-60(67-57(4)5)49-40-31-25-34-43-52-64(70)73-55-63(75-66(72)54-45-36-27-33-42-51-62(69-59(8)9)48-39-30-24-21-18-15-12-3)56-74-65(71)53-44-35-26-32-41-50-61(68-58(6)7)47-38-29-23-20-17-14-11-2/h57-63,67-69H,10-56H2,1-9H3. The van der Waals surface area contributed by atoms with Crippen molar-refractivity contribution in [2.45, 2.75) is 394 Å². The van der Waals surface area contributed by atoms with Gasteiger partial charge >= 0.3 is 17.9 Å².